The molecule has 0 atom stereocenters. The summed E-state index contributed by atoms with van der Waals surface area (Å²) in [5.74, 6) is 2.42. The fourth-order valence-corrected chi connectivity index (χ4v) is 2.64. The SMILES string of the molecule is CCNc1cc(C)nc(COCC2CCCCC2)n1. The number of aryl methyl sites for hydroxylation is 1. The molecule has 19 heavy (non-hydrogen) atoms. The highest BCUT2D eigenvalue weighted by atomic mass is 16.5. The van der Waals surface area contributed by atoms with Crippen LogP contribution in [0.1, 0.15) is 50.5 Å². The van der Waals surface area contributed by atoms with Crippen molar-refractivity contribution >= 4 is 5.82 Å². The Balaban J connectivity index is 1.81. The Morgan fingerprint density at radius 3 is 2.79 bits per heavy atom. The molecule has 1 aromatic heterocycles. The lowest BCUT2D eigenvalue weighted by molar-refractivity contribution is 0.0699. The Labute approximate surface area is 116 Å². The van der Waals surface area contributed by atoms with Gasteiger partial charge in [-0.25, -0.2) is 9.97 Å². The van der Waals surface area contributed by atoms with Crippen molar-refractivity contribution in [1.29, 1.82) is 0 Å². The highest BCUT2D eigenvalue weighted by Crippen LogP contribution is 2.23. The van der Waals surface area contributed by atoms with Crippen LogP contribution in [0.25, 0.3) is 0 Å². The zero-order valence-corrected chi connectivity index (χ0v) is 12.1. The first-order valence-corrected chi connectivity index (χ1v) is 7.44. The van der Waals surface area contributed by atoms with Gasteiger partial charge in [-0.15, -0.1) is 0 Å². The van der Waals surface area contributed by atoms with Crippen LogP contribution in [0.4, 0.5) is 5.82 Å². The first kappa shape index (κ1) is 14.3. The van der Waals surface area contributed by atoms with Gasteiger partial charge in [0.05, 0.1) is 0 Å². The quantitative estimate of drug-likeness (QED) is 0.855. The minimum atomic E-state index is 0.524. The van der Waals surface area contributed by atoms with Crippen LogP contribution < -0.4 is 5.32 Å². The predicted octanol–water partition coefficient (Wildman–Crippen LogP) is 3.31. The van der Waals surface area contributed by atoms with Crippen molar-refractivity contribution in [1.82, 2.24) is 9.97 Å². The average molecular weight is 263 g/mol. The Kier molecular flexibility index (Phi) is 5.58. The van der Waals surface area contributed by atoms with Gasteiger partial charge in [-0.05, 0) is 32.6 Å². The number of nitrogens with one attached hydrogen (secondary N) is 1. The third-order valence-corrected chi connectivity index (χ3v) is 3.57. The molecule has 1 N–H and O–H groups in total. The van der Waals surface area contributed by atoms with Gasteiger partial charge in [0, 0.05) is 24.9 Å². The summed E-state index contributed by atoms with van der Waals surface area (Å²) in [6, 6.07) is 1.97. The predicted molar refractivity (Wildman–Crippen MR) is 77.2 cm³/mol. The van der Waals surface area contributed by atoms with E-state index in [-0.39, 0.29) is 0 Å². The standard InChI is InChI=1S/C15H25N3O/c1-3-16-14-9-12(2)17-15(18-14)11-19-10-13-7-5-4-6-8-13/h9,13H,3-8,10-11H2,1-2H3,(H,16,17,18). The Bertz CT molecular complexity index is 389. The van der Waals surface area contributed by atoms with E-state index in [2.05, 4.69) is 22.2 Å². The molecule has 0 bridgehead atoms. The largest absolute Gasteiger partial charge is 0.373 e. The zero-order valence-electron chi connectivity index (χ0n) is 12.1. The van der Waals surface area contributed by atoms with Gasteiger partial charge >= 0.3 is 0 Å². The molecule has 1 heterocycles. The van der Waals surface area contributed by atoms with Gasteiger partial charge in [-0.3, -0.25) is 0 Å². The highest BCUT2D eigenvalue weighted by Gasteiger charge is 2.13. The topological polar surface area (TPSA) is 47.0 Å². The molecule has 1 aliphatic rings. The molecule has 0 saturated heterocycles. The summed E-state index contributed by atoms with van der Waals surface area (Å²) < 4.78 is 5.79. The number of rotatable bonds is 6. The van der Waals surface area contributed by atoms with Crippen molar-refractivity contribution in [3.8, 4) is 0 Å². The number of ether oxygens (including phenoxy) is 1. The number of anilines is 1. The molecule has 0 amide bonds. The molecule has 1 aliphatic carbocycles. The molecule has 0 unspecified atom stereocenters. The summed E-state index contributed by atoms with van der Waals surface area (Å²) in [5, 5.41) is 3.22. The van der Waals surface area contributed by atoms with Crippen molar-refractivity contribution in [2.75, 3.05) is 18.5 Å². The van der Waals surface area contributed by atoms with Crippen molar-refractivity contribution in [3.05, 3.63) is 17.6 Å². The van der Waals surface area contributed by atoms with E-state index in [1.165, 1.54) is 32.1 Å². The maximum Gasteiger partial charge on any atom is 0.156 e. The first-order chi connectivity index (χ1) is 9.28. The van der Waals surface area contributed by atoms with Gasteiger partial charge in [0.25, 0.3) is 0 Å². The highest BCUT2D eigenvalue weighted by molar-refractivity contribution is 5.35. The molecule has 0 aliphatic heterocycles. The molecule has 1 fully saturated rings. The van der Waals surface area contributed by atoms with Crippen LogP contribution in [0.2, 0.25) is 0 Å². The summed E-state index contributed by atoms with van der Waals surface area (Å²) in [4.78, 5) is 8.88. The van der Waals surface area contributed by atoms with Gasteiger partial charge in [0.2, 0.25) is 0 Å². The molecule has 1 saturated carbocycles. The minimum Gasteiger partial charge on any atom is -0.373 e. The van der Waals surface area contributed by atoms with Gasteiger partial charge in [0.15, 0.2) is 5.82 Å². The first-order valence-electron chi connectivity index (χ1n) is 7.44. The molecule has 4 nitrogen and oxygen atoms in total. The van der Waals surface area contributed by atoms with Gasteiger partial charge < -0.3 is 10.1 Å². The van der Waals surface area contributed by atoms with E-state index in [4.69, 9.17) is 4.74 Å². The van der Waals surface area contributed by atoms with Crippen LogP contribution in [0.15, 0.2) is 6.07 Å². The van der Waals surface area contributed by atoms with Gasteiger partial charge in [-0.2, -0.15) is 0 Å². The maximum atomic E-state index is 5.79. The number of nitrogens with zero attached hydrogens (tertiary/aromatic N) is 2. The fraction of sp³-hybridized carbons (Fsp3) is 0.733. The lowest BCUT2D eigenvalue weighted by Crippen LogP contribution is -2.14. The van der Waals surface area contributed by atoms with E-state index in [1.807, 2.05) is 13.0 Å². The second kappa shape index (κ2) is 7.43. The smallest absolute Gasteiger partial charge is 0.156 e. The van der Waals surface area contributed by atoms with Crippen LogP contribution in [0.3, 0.4) is 0 Å². The molecule has 4 heteroatoms. The molecular weight excluding hydrogens is 238 g/mol. The molecule has 0 spiro atoms. The third-order valence-electron chi connectivity index (χ3n) is 3.57. The van der Waals surface area contributed by atoms with Crippen molar-refractivity contribution in [3.63, 3.8) is 0 Å². The lowest BCUT2D eigenvalue weighted by atomic mass is 9.90. The van der Waals surface area contributed by atoms with Crippen LogP contribution >= 0.6 is 0 Å². The summed E-state index contributed by atoms with van der Waals surface area (Å²) in [5.41, 5.74) is 0.988. The summed E-state index contributed by atoms with van der Waals surface area (Å²) in [7, 11) is 0. The van der Waals surface area contributed by atoms with Crippen molar-refractivity contribution in [2.45, 2.75) is 52.6 Å². The number of hydrogen-bond acceptors (Lipinski definition) is 4. The number of hydrogen-bond donors (Lipinski definition) is 1. The Morgan fingerprint density at radius 2 is 2.05 bits per heavy atom. The van der Waals surface area contributed by atoms with E-state index < -0.39 is 0 Å². The summed E-state index contributed by atoms with van der Waals surface area (Å²) in [6.07, 6.45) is 6.75. The van der Waals surface area contributed by atoms with E-state index in [1.54, 1.807) is 0 Å². The third kappa shape index (κ3) is 4.78. The van der Waals surface area contributed by atoms with Crippen LogP contribution in [0, 0.1) is 12.8 Å². The number of aromatic nitrogens is 2. The normalized spacial score (nSPS) is 16.5. The van der Waals surface area contributed by atoms with Crippen LogP contribution in [-0.2, 0) is 11.3 Å². The monoisotopic (exact) mass is 263 g/mol. The summed E-state index contributed by atoms with van der Waals surface area (Å²) in [6.45, 7) is 6.31. The molecule has 0 radical (unpaired) electrons. The van der Waals surface area contributed by atoms with E-state index >= 15 is 0 Å². The molecule has 1 aromatic rings. The van der Waals surface area contributed by atoms with Gasteiger partial charge in [0.1, 0.15) is 12.4 Å². The molecule has 106 valence electrons. The Morgan fingerprint density at radius 1 is 1.26 bits per heavy atom. The average Bonchev–Trinajstić information content (AvgIpc) is 2.40. The van der Waals surface area contributed by atoms with E-state index in [0.29, 0.717) is 6.61 Å². The van der Waals surface area contributed by atoms with Crippen molar-refractivity contribution < 1.29 is 4.74 Å². The second-order valence-electron chi connectivity index (χ2n) is 5.36. The van der Waals surface area contributed by atoms with E-state index in [9.17, 15) is 0 Å². The van der Waals surface area contributed by atoms with Crippen LogP contribution in [0.5, 0.6) is 0 Å². The Hall–Kier alpha value is -1.16. The molecule has 2 rings (SSSR count). The van der Waals surface area contributed by atoms with E-state index in [0.717, 1.165) is 36.4 Å². The maximum absolute atomic E-state index is 5.79. The minimum absolute atomic E-state index is 0.524. The second-order valence-corrected chi connectivity index (χ2v) is 5.36. The molecular formula is C15H25N3O. The molecule has 0 aromatic carbocycles. The lowest BCUT2D eigenvalue weighted by Gasteiger charge is -2.21. The zero-order chi connectivity index (χ0) is 13.5. The van der Waals surface area contributed by atoms with Crippen LogP contribution in [-0.4, -0.2) is 23.1 Å². The fourth-order valence-electron chi connectivity index (χ4n) is 2.64. The van der Waals surface area contributed by atoms with Crippen molar-refractivity contribution in [2.24, 2.45) is 5.92 Å². The summed E-state index contributed by atoms with van der Waals surface area (Å²) >= 11 is 0. The van der Waals surface area contributed by atoms with Gasteiger partial charge in [-0.1, -0.05) is 19.3 Å².